The number of pyridine rings is 2. The first-order chi connectivity index (χ1) is 12.6. The van der Waals surface area contributed by atoms with Crippen molar-refractivity contribution in [2.75, 3.05) is 6.54 Å². The van der Waals surface area contributed by atoms with Crippen molar-refractivity contribution in [2.24, 2.45) is 0 Å². The number of fused-ring (bicyclic) bond motifs is 2. The standard InChI is InChI=1S/C19H16ClN5O/c1-12-15(11-13-10-14(20)5-6-16(13)22-12)19(26)21-8-7-18-24-23-17-4-2-3-9-25(17)18/h2-6,9-11H,7-8H2,1H3,(H,21,26). The SMILES string of the molecule is Cc1nc2ccc(Cl)cc2cc1C(=O)NCCc1nnc2ccccn12. The van der Waals surface area contributed by atoms with Crippen LogP contribution in [0.1, 0.15) is 21.9 Å². The largest absolute Gasteiger partial charge is 0.352 e. The van der Waals surface area contributed by atoms with Gasteiger partial charge in [0.25, 0.3) is 5.91 Å². The number of aromatic nitrogens is 4. The Bertz CT molecular complexity index is 1120. The van der Waals surface area contributed by atoms with Crippen molar-refractivity contribution in [3.63, 3.8) is 0 Å². The third kappa shape index (κ3) is 3.11. The van der Waals surface area contributed by atoms with E-state index in [1.54, 1.807) is 6.07 Å². The number of halogens is 1. The molecule has 0 spiro atoms. The summed E-state index contributed by atoms with van der Waals surface area (Å²) in [6, 6.07) is 13.0. The molecule has 0 aliphatic rings. The molecular weight excluding hydrogens is 350 g/mol. The Kier molecular flexibility index (Phi) is 4.26. The zero-order valence-electron chi connectivity index (χ0n) is 14.1. The second-order valence-corrected chi connectivity index (χ2v) is 6.45. The molecule has 130 valence electrons. The van der Waals surface area contributed by atoms with E-state index in [1.807, 2.05) is 53.9 Å². The molecule has 4 rings (SSSR count). The van der Waals surface area contributed by atoms with E-state index in [1.165, 1.54) is 0 Å². The highest BCUT2D eigenvalue weighted by molar-refractivity contribution is 6.31. The summed E-state index contributed by atoms with van der Waals surface area (Å²) in [6.45, 7) is 2.29. The van der Waals surface area contributed by atoms with Crippen LogP contribution in [0.5, 0.6) is 0 Å². The quantitative estimate of drug-likeness (QED) is 0.602. The van der Waals surface area contributed by atoms with Gasteiger partial charge >= 0.3 is 0 Å². The number of carbonyl (C=O) groups is 1. The van der Waals surface area contributed by atoms with Crippen LogP contribution >= 0.6 is 11.6 Å². The fourth-order valence-electron chi connectivity index (χ4n) is 2.92. The molecule has 0 unspecified atom stereocenters. The third-order valence-electron chi connectivity index (χ3n) is 4.23. The predicted molar refractivity (Wildman–Crippen MR) is 101 cm³/mol. The van der Waals surface area contributed by atoms with Crippen molar-refractivity contribution < 1.29 is 4.79 Å². The van der Waals surface area contributed by atoms with Gasteiger partial charge in [0.05, 0.1) is 16.8 Å². The summed E-state index contributed by atoms with van der Waals surface area (Å²) in [5.74, 6) is 0.645. The number of nitrogens with one attached hydrogen (secondary N) is 1. The van der Waals surface area contributed by atoms with E-state index < -0.39 is 0 Å². The van der Waals surface area contributed by atoms with E-state index in [4.69, 9.17) is 11.6 Å². The number of hydrogen-bond donors (Lipinski definition) is 1. The highest BCUT2D eigenvalue weighted by Gasteiger charge is 2.12. The monoisotopic (exact) mass is 365 g/mol. The van der Waals surface area contributed by atoms with Crippen LogP contribution in [0.4, 0.5) is 0 Å². The van der Waals surface area contributed by atoms with Gasteiger partial charge in [0.1, 0.15) is 5.82 Å². The average Bonchev–Trinajstić information content (AvgIpc) is 3.05. The molecule has 0 bridgehead atoms. The van der Waals surface area contributed by atoms with Crippen LogP contribution in [0.3, 0.4) is 0 Å². The van der Waals surface area contributed by atoms with Crippen molar-refractivity contribution in [3.8, 4) is 0 Å². The average molecular weight is 366 g/mol. The first-order valence-corrected chi connectivity index (χ1v) is 8.63. The van der Waals surface area contributed by atoms with Crippen LogP contribution in [-0.4, -0.2) is 32.0 Å². The molecule has 1 aromatic carbocycles. The Labute approximate surface area is 154 Å². The molecule has 0 aliphatic heterocycles. The summed E-state index contributed by atoms with van der Waals surface area (Å²) in [6.07, 6.45) is 2.50. The van der Waals surface area contributed by atoms with Crippen molar-refractivity contribution >= 4 is 34.1 Å². The number of benzene rings is 1. The van der Waals surface area contributed by atoms with Crippen LogP contribution in [0.2, 0.25) is 5.02 Å². The molecule has 0 radical (unpaired) electrons. The van der Waals surface area contributed by atoms with Gasteiger partial charge in [-0.15, -0.1) is 10.2 Å². The normalized spacial score (nSPS) is 11.2. The number of amides is 1. The third-order valence-corrected chi connectivity index (χ3v) is 4.47. The number of carbonyl (C=O) groups excluding carboxylic acids is 1. The minimum Gasteiger partial charge on any atom is -0.352 e. The molecule has 3 aromatic heterocycles. The van der Waals surface area contributed by atoms with Gasteiger partial charge in [-0.3, -0.25) is 14.2 Å². The lowest BCUT2D eigenvalue weighted by Gasteiger charge is -2.09. The van der Waals surface area contributed by atoms with Gasteiger partial charge in [-0.05, 0) is 43.3 Å². The highest BCUT2D eigenvalue weighted by Crippen LogP contribution is 2.20. The molecule has 3 heterocycles. The van der Waals surface area contributed by atoms with Gasteiger partial charge in [0.15, 0.2) is 5.65 Å². The van der Waals surface area contributed by atoms with Gasteiger partial charge in [-0.25, -0.2) is 0 Å². The maximum absolute atomic E-state index is 12.6. The van der Waals surface area contributed by atoms with E-state index in [0.29, 0.717) is 29.2 Å². The second kappa shape index (κ2) is 6.72. The summed E-state index contributed by atoms with van der Waals surface area (Å²) in [4.78, 5) is 17.1. The first-order valence-electron chi connectivity index (χ1n) is 8.25. The van der Waals surface area contributed by atoms with E-state index >= 15 is 0 Å². The number of nitrogens with zero attached hydrogens (tertiary/aromatic N) is 4. The Morgan fingerprint density at radius 3 is 2.96 bits per heavy atom. The highest BCUT2D eigenvalue weighted by atomic mass is 35.5. The summed E-state index contributed by atoms with van der Waals surface area (Å²) in [5.41, 5.74) is 2.84. The molecule has 1 amide bonds. The summed E-state index contributed by atoms with van der Waals surface area (Å²) in [5, 5.41) is 12.7. The molecule has 7 heteroatoms. The van der Waals surface area contributed by atoms with Gasteiger partial charge in [-0.2, -0.15) is 0 Å². The zero-order valence-corrected chi connectivity index (χ0v) is 14.9. The van der Waals surface area contributed by atoms with Crippen LogP contribution in [0.25, 0.3) is 16.6 Å². The number of rotatable bonds is 4. The lowest BCUT2D eigenvalue weighted by Crippen LogP contribution is -2.27. The lowest BCUT2D eigenvalue weighted by atomic mass is 10.1. The fraction of sp³-hybridized carbons (Fsp3) is 0.158. The van der Waals surface area contributed by atoms with Crippen LogP contribution < -0.4 is 5.32 Å². The molecule has 0 aliphatic carbocycles. The number of hydrogen-bond acceptors (Lipinski definition) is 4. The fourth-order valence-corrected chi connectivity index (χ4v) is 3.10. The minimum atomic E-state index is -0.161. The Balaban J connectivity index is 1.49. The Morgan fingerprint density at radius 1 is 1.19 bits per heavy atom. The van der Waals surface area contributed by atoms with E-state index in [0.717, 1.165) is 22.4 Å². The molecule has 0 saturated carbocycles. The van der Waals surface area contributed by atoms with Gasteiger partial charge < -0.3 is 5.32 Å². The molecule has 4 aromatic rings. The minimum absolute atomic E-state index is 0.161. The smallest absolute Gasteiger partial charge is 0.253 e. The molecule has 0 saturated heterocycles. The van der Waals surface area contributed by atoms with Crippen molar-refractivity contribution in [1.29, 1.82) is 0 Å². The van der Waals surface area contributed by atoms with Crippen molar-refractivity contribution in [1.82, 2.24) is 24.9 Å². The van der Waals surface area contributed by atoms with E-state index in [9.17, 15) is 4.79 Å². The van der Waals surface area contributed by atoms with Gasteiger partial charge in [0.2, 0.25) is 0 Å². The summed E-state index contributed by atoms with van der Waals surface area (Å²) >= 11 is 6.04. The summed E-state index contributed by atoms with van der Waals surface area (Å²) in [7, 11) is 0. The second-order valence-electron chi connectivity index (χ2n) is 6.01. The van der Waals surface area contributed by atoms with Crippen LogP contribution in [0.15, 0.2) is 48.7 Å². The molecular formula is C19H16ClN5O. The maximum Gasteiger partial charge on any atom is 0.253 e. The van der Waals surface area contributed by atoms with Crippen molar-refractivity contribution in [3.05, 3.63) is 70.8 Å². The molecule has 1 N–H and O–H groups in total. The molecule has 26 heavy (non-hydrogen) atoms. The van der Waals surface area contributed by atoms with Gasteiger partial charge in [-0.1, -0.05) is 17.7 Å². The van der Waals surface area contributed by atoms with Gasteiger partial charge in [0, 0.05) is 29.6 Å². The van der Waals surface area contributed by atoms with E-state index in [-0.39, 0.29) is 5.91 Å². The number of aryl methyl sites for hydroxylation is 1. The predicted octanol–water partition coefficient (Wildman–Crippen LogP) is 3.21. The lowest BCUT2D eigenvalue weighted by molar-refractivity contribution is 0.0953. The molecule has 0 fully saturated rings. The first kappa shape index (κ1) is 16.5. The molecule has 0 atom stereocenters. The van der Waals surface area contributed by atoms with Crippen molar-refractivity contribution in [2.45, 2.75) is 13.3 Å². The maximum atomic E-state index is 12.6. The van der Waals surface area contributed by atoms with Crippen LogP contribution in [-0.2, 0) is 6.42 Å². The van der Waals surface area contributed by atoms with Crippen LogP contribution in [0, 0.1) is 6.92 Å². The molecule has 6 nitrogen and oxygen atoms in total. The topological polar surface area (TPSA) is 72.2 Å². The Morgan fingerprint density at radius 2 is 2.08 bits per heavy atom. The van der Waals surface area contributed by atoms with E-state index in [2.05, 4.69) is 20.5 Å². The Hall–Kier alpha value is -2.99. The zero-order chi connectivity index (χ0) is 18.1. The summed E-state index contributed by atoms with van der Waals surface area (Å²) < 4.78 is 1.91.